The molecule has 2 fully saturated rings. The average Bonchev–Trinajstić information content (AvgIpc) is 3.34. The van der Waals surface area contributed by atoms with E-state index in [1.807, 2.05) is 60.7 Å². The second-order valence-electron chi connectivity index (χ2n) is 8.90. The van der Waals surface area contributed by atoms with Gasteiger partial charge in [-0.3, -0.25) is 0 Å². The van der Waals surface area contributed by atoms with Gasteiger partial charge < -0.3 is 24.6 Å². The molecule has 0 aliphatic carbocycles. The number of hydrogen-bond acceptors (Lipinski definition) is 5. The van der Waals surface area contributed by atoms with Crippen LogP contribution in [0.15, 0.2) is 60.7 Å². The first-order valence-electron chi connectivity index (χ1n) is 11.6. The fourth-order valence-electron chi connectivity index (χ4n) is 5.02. The molecule has 0 aromatic heterocycles. The molecule has 2 atom stereocenters. The van der Waals surface area contributed by atoms with Crippen molar-refractivity contribution in [1.82, 2.24) is 4.90 Å². The summed E-state index contributed by atoms with van der Waals surface area (Å²) in [5, 5.41) is 22.4. The minimum absolute atomic E-state index is 0.126. The van der Waals surface area contributed by atoms with Crippen LogP contribution in [0.2, 0.25) is 0 Å². The van der Waals surface area contributed by atoms with Crippen molar-refractivity contribution in [3.8, 4) is 0 Å². The topological polar surface area (TPSA) is 62.2 Å². The van der Waals surface area contributed by atoms with Gasteiger partial charge in [0.15, 0.2) is 0 Å². The quantitative estimate of drug-likeness (QED) is 0.646. The van der Waals surface area contributed by atoms with Gasteiger partial charge in [-0.2, -0.15) is 0 Å². The summed E-state index contributed by atoms with van der Waals surface area (Å²) in [5.74, 6) is 0.126. The number of benzene rings is 2. The Morgan fingerprint density at radius 1 is 0.968 bits per heavy atom. The maximum absolute atomic E-state index is 12.0. The van der Waals surface area contributed by atoms with Gasteiger partial charge in [0.2, 0.25) is 0 Å². The fraction of sp³-hybridized carbons (Fsp3) is 0.538. The van der Waals surface area contributed by atoms with Gasteiger partial charge in [-0.25, -0.2) is 0 Å². The van der Waals surface area contributed by atoms with Crippen molar-refractivity contribution in [2.75, 3.05) is 39.5 Å². The molecule has 5 heteroatoms. The maximum Gasteiger partial charge on any atom is 0.117 e. The molecule has 2 aromatic carbocycles. The van der Waals surface area contributed by atoms with E-state index in [4.69, 9.17) is 9.47 Å². The predicted octanol–water partition coefficient (Wildman–Crippen LogP) is 3.19. The van der Waals surface area contributed by atoms with Gasteiger partial charge >= 0.3 is 0 Å². The maximum atomic E-state index is 12.0. The molecule has 31 heavy (non-hydrogen) atoms. The van der Waals surface area contributed by atoms with Crippen LogP contribution in [0, 0.1) is 5.92 Å². The van der Waals surface area contributed by atoms with E-state index in [1.54, 1.807) is 0 Å². The Kier molecular flexibility index (Phi) is 7.75. The molecule has 4 rings (SSSR count). The van der Waals surface area contributed by atoms with Gasteiger partial charge in [0.1, 0.15) is 5.60 Å². The van der Waals surface area contributed by atoms with E-state index in [0.717, 1.165) is 56.5 Å². The number of rotatable bonds is 9. The van der Waals surface area contributed by atoms with Crippen LogP contribution in [0.1, 0.15) is 36.8 Å². The van der Waals surface area contributed by atoms with Gasteiger partial charge in [-0.15, -0.1) is 0 Å². The molecule has 2 unspecified atom stereocenters. The molecule has 2 heterocycles. The molecule has 0 amide bonds. The minimum Gasteiger partial charge on any atom is -0.389 e. The number of nitrogens with zero attached hydrogens (tertiary/aromatic N) is 1. The Morgan fingerprint density at radius 2 is 1.58 bits per heavy atom. The standard InChI is InChI=1S/C26H35NO4/c28-24(19-30-20-25-12-7-17-31-25)18-27-15-13-23(14-16-27)26(29,21-8-3-1-4-9-21)22-10-5-2-6-11-22/h1-6,8-11,23-25,28-29H,7,12-20H2. The zero-order chi connectivity index (χ0) is 21.5. The van der Waals surface area contributed by atoms with Crippen LogP contribution >= 0.6 is 0 Å². The van der Waals surface area contributed by atoms with Crippen LogP contribution in [-0.2, 0) is 15.1 Å². The van der Waals surface area contributed by atoms with Crippen LogP contribution in [0.4, 0.5) is 0 Å². The van der Waals surface area contributed by atoms with Crippen molar-refractivity contribution < 1.29 is 19.7 Å². The van der Waals surface area contributed by atoms with E-state index < -0.39 is 11.7 Å². The molecule has 0 saturated carbocycles. The molecule has 2 aliphatic heterocycles. The fourth-order valence-corrected chi connectivity index (χ4v) is 5.02. The first-order chi connectivity index (χ1) is 15.2. The van der Waals surface area contributed by atoms with Gasteiger partial charge in [0.05, 0.1) is 25.4 Å². The molecule has 168 valence electrons. The number of ether oxygens (including phenoxy) is 2. The minimum atomic E-state index is -1.00. The third-order valence-corrected chi connectivity index (χ3v) is 6.71. The molecule has 2 saturated heterocycles. The van der Waals surface area contributed by atoms with Crippen molar-refractivity contribution in [2.45, 2.75) is 43.5 Å². The Morgan fingerprint density at radius 3 is 2.13 bits per heavy atom. The summed E-state index contributed by atoms with van der Waals surface area (Å²) in [6.45, 7) is 4.06. The SMILES string of the molecule is OC(COCC1CCCO1)CN1CCC(C(O)(c2ccccc2)c2ccccc2)CC1. The van der Waals surface area contributed by atoms with E-state index in [2.05, 4.69) is 4.90 Å². The van der Waals surface area contributed by atoms with Crippen LogP contribution in [0.3, 0.4) is 0 Å². The molecule has 2 N–H and O–H groups in total. The molecule has 2 aromatic rings. The van der Waals surface area contributed by atoms with Crippen molar-refractivity contribution >= 4 is 0 Å². The van der Waals surface area contributed by atoms with E-state index >= 15 is 0 Å². The molecule has 0 radical (unpaired) electrons. The summed E-state index contributed by atoms with van der Waals surface area (Å²) in [6, 6.07) is 20.0. The van der Waals surface area contributed by atoms with Crippen molar-refractivity contribution in [3.05, 3.63) is 71.8 Å². The normalized spacial score (nSPS) is 21.9. The number of aliphatic hydroxyl groups is 2. The summed E-state index contributed by atoms with van der Waals surface area (Å²) in [6.07, 6.45) is 3.60. The lowest BCUT2D eigenvalue weighted by molar-refractivity contribution is -0.0396. The average molecular weight is 426 g/mol. The number of β-amino-alcohol motifs (C(OH)–C–C–N with tert-alkyl or cyclic N) is 1. The zero-order valence-corrected chi connectivity index (χ0v) is 18.2. The van der Waals surface area contributed by atoms with Gasteiger partial charge in [-0.1, -0.05) is 60.7 Å². The lowest BCUT2D eigenvalue weighted by Crippen LogP contribution is -2.46. The number of likely N-dealkylation sites (tertiary alicyclic amines) is 1. The van der Waals surface area contributed by atoms with E-state index in [1.165, 1.54) is 0 Å². The Labute approximate surface area is 185 Å². The highest BCUT2D eigenvalue weighted by Gasteiger charge is 2.41. The predicted molar refractivity (Wildman–Crippen MR) is 121 cm³/mol. The van der Waals surface area contributed by atoms with Gasteiger partial charge in [0.25, 0.3) is 0 Å². The van der Waals surface area contributed by atoms with Crippen LogP contribution in [-0.4, -0.2) is 66.8 Å². The number of aliphatic hydroxyl groups excluding tert-OH is 1. The van der Waals surface area contributed by atoms with Gasteiger partial charge in [-0.05, 0) is 55.8 Å². The number of piperidine rings is 1. The smallest absolute Gasteiger partial charge is 0.117 e. The largest absolute Gasteiger partial charge is 0.389 e. The lowest BCUT2D eigenvalue weighted by atomic mass is 9.72. The molecular weight excluding hydrogens is 390 g/mol. The third-order valence-electron chi connectivity index (χ3n) is 6.71. The second kappa shape index (κ2) is 10.7. The Bertz CT molecular complexity index is 731. The second-order valence-corrected chi connectivity index (χ2v) is 8.90. The first kappa shape index (κ1) is 22.4. The van der Waals surface area contributed by atoms with Crippen molar-refractivity contribution in [1.29, 1.82) is 0 Å². The summed E-state index contributed by atoms with van der Waals surface area (Å²) in [7, 11) is 0. The molecule has 0 spiro atoms. The van der Waals surface area contributed by atoms with Crippen LogP contribution in [0.5, 0.6) is 0 Å². The summed E-state index contributed by atoms with van der Waals surface area (Å²) in [4.78, 5) is 2.28. The first-order valence-corrected chi connectivity index (χ1v) is 11.6. The Hall–Kier alpha value is -1.76. The lowest BCUT2D eigenvalue weighted by Gasteiger charge is -2.42. The summed E-state index contributed by atoms with van der Waals surface area (Å²) < 4.78 is 11.2. The number of hydrogen-bond donors (Lipinski definition) is 2. The molecule has 0 bridgehead atoms. The Balaban J connectivity index is 1.33. The molecule has 2 aliphatic rings. The summed E-state index contributed by atoms with van der Waals surface area (Å²) >= 11 is 0. The van der Waals surface area contributed by atoms with E-state index in [9.17, 15) is 10.2 Å². The zero-order valence-electron chi connectivity index (χ0n) is 18.2. The van der Waals surface area contributed by atoms with E-state index in [-0.39, 0.29) is 12.0 Å². The highest BCUT2D eigenvalue weighted by molar-refractivity contribution is 5.37. The van der Waals surface area contributed by atoms with Crippen LogP contribution < -0.4 is 0 Å². The van der Waals surface area contributed by atoms with Crippen molar-refractivity contribution in [3.63, 3.8) is 0 Å². The molecule has 5 nitrogen and oxygen atoms in total. The van der Waals surface area contributed by atoms with Gasteiger partial charge in [0, 0.05) is 13.2 Å². The van der Waals surface area contributed by atoms with Crippen molar-refractivity contribution in [2.24, 2.45) is 5.92 Å². The monoisotopic (exact) mass is 425 g/mol. The highest BCUT2D eigenvalue weighted by Crippen LogP contribution is 2.41. The summed E-state index contributed by atoms with van der Waals surface area (Å²) in [5.41, 5.74) is 0.891. The van der Waals surface area contributed by atoms with E-state index in [0.29, 0.717) is 19.8 Å². The highest BCUT2D eigenvalue weighted by atomic mass is 16.5. The molecular formula is C26H35NO4. The van der Waals surface area contributed by atoms with Crippen LogP contribution in [0.25, 0.3) is 0 Å². The third kappa shape index (κ3) is 5.54.